The molecule has 0 aromatic heterocycles. The van der Waals surface area contributed by atoms with Crippen LogP contribution in [0.4, 0.5) is 0 Å². The Morgan fingerprint density at radius 1 is 1.12 bits per heavy atom. The van der Waals surface area contributed by atoms with Crippen molar-refractivity contribution in [3.05, 3.63) is 125 Å². The molecule has 0 radical (unpaired) electrons. The fraction of sp³-hybridized carbons (Fsp3) is 0.115. The van der Waals surface area contributed by atoms with Crippen molar-refractivity contribution in [1.29, 1.82) is 0 Å². The number of allylic oxidation sites excluding steroid dienone is 12. The predicted octanol–water partition coefficient (Wildman–Crippen LogP) is 7.31. The molecule has 0 N–H and O–H groups in total. The summed E-state index contributed by atoms with van der Waals surface area (Å²) in [6.07, 6.45) is 16.2. The third kappa shape index (κ3) is 4.96. The minimum Gasteiger partial charge on any atom is -0.111 e. The van der Waals surface area contributed by atoms with Gasteiger partial charge in [-0.1, -0.05) is 86.0 Å². The molecule has 2 rings (SSSR count). The van der Waals surface area contributed by atoms with Crippen LogP contribution in [-0.2, 0) is 0 Å². The van der Waals surface area contributed by atoms with E-state index in [4.69, 9.17) is 0 Å². The van der Waals surface area contributed by atoms with Crippen molar-refractivity contribution in [3.63, 3.8) is 0 Å². The van der Waals surface area contributed by atoms with Crippen LogP contribution in [0.5, 0.6) is 0 Å². The third-order valence-corrected chi connectivity index (χ3v) is 4.07. The maximum Gasteiger partial charge on any atom is 0.0260 e. The quantitative estimate of drug-likeness (QED) is 0.390. The van der Waals surface area contributed by atoms with Gasteiger partial charge in [0.05, 0.1) is 0 Å². The first-order chi connectivity index (χ1) is 12.4. The second-order valence-electron chi connectivity index (χ2n) is 6.45. The fourth-order valence-electron chi connectivity index (χ4n) is 2.72. The van der Waals surface area contributed by atoms with E-state index in [0.717, 1.165) is 39.0 Å². The van der Waals surface area contributed by atoms with Crippen LogP contribution >= 0.6 is 0 Å². The molecule has 0 bridgehead atoms. The average Bonchev–Trinajstić information content (AvgIpc) is 2.81. The van der Waals surface area contributed by atoms with Crippen LogP contribution in [0.2, 0.25) is 0 Å². The van der Waals surface area contributed by atoms with Gasteiger partial charge in [-0.05, 0) is 60.3 Å². The Morgan fingerprint density at radius 3 is 2.58 bits per heavy atom. The van der Waals surface area contributed by atoms with E-state index < -0.39 is 0 Å². The summed E-state index contributed by atoms with van der Waals surface area (Å²) in [6, 6.07) is 6.38. The topological polar surface area (TPSA) is 0 Å². The second kappa shape index (κ2) is 8.85. The highest BCUT2D eigenvalue weighted by Crippen LogP contribution is 2.24. The van der Waals surface area contributed by atoms with Crippen molar-refractivity contribution in [2.75, 3.05) is 0 Å². The number of hydrogen-bond acceptors (Lipinski definition) is 0. The van der Waals surface area contributed by atoms with E-state index in [1.165, 1.54) is 5.56 Å². The number of hydrogen-bond donors (Lipinski definition) is 0. The first-order valence-electron chi connectivity index (χ1n) is 8.73. The smallest absolute Gasteiger partial charge is 0.0260 e. The summed E-state index contributed by atoms with van der Waals surface area (Å²) < 4.78 is 0. The monoisotopic (exact) mass is 338 g/mol. The molecule has 0 heteroatoms. The van der Waals surface area contributed by atoms with E-state index in [9.17, 15) is 0 Å². The first kappa shape index (κ1) is 19.2. The van der Waals surface area contributed by atoms with E-state index >= 15 is 0 Å². The van der Waals surface area contributed by atoms with E-state index in [2.05, 4.69) is 62.7 Å². The van der Waals surface area contributed by atoms with Crippen molar-refractivity contribution in [2.24, 2.45) is 0 Å². The van der Waals surface area contributed by atoms with Gasteiger partial charge in [0.2, 0.25) is 0 Å². The van der Waals surface area contributed by atoms with Crippen LogP contribution in [0.3, 0.4) is 0 Å². The lowest BCUT2D eigenvalue weighted by Gasteiger charge is -2.08. The van der Waals surface area contributed by atoms with Crippen molar-refractivity contribution in [1.82, 2.24) is 0 Å². The van der Waals surface area contributed by atoms with Crippen LogP contribution < -0.4 is 0 Å². The maximum atomic E-state index is 4.19. The molecule has 0 aliphatic heterocycles. The fourth-order valence-corrected chi connectivity index (χ4v) is 2.72. The van der Waals surface area contributed by atoms with Gasteiger partial charge in [-0.15, -0.1) is 5.73 Å². The van der Waals surface area contributed by atoms with E-state index in [1.54, 1.807) is 0 Å². The molecule has 26 heavy (non-hydrogen) atoms. The molecule has 0 unspecified atom stereocenters. The Kier molecular flexibility index (Phi) is 6.55. The lowest BCUT2D eigenvalue weighted by molar-refractivity contribution is 1.40. The van der Waals surface area contributed by atoms with Crippen molar-refractivity contribution < 1.29 is 0 Å². The largest absolute Gasteiger partial charge is 0.111 e. The molecule has 0 spiro atoms. The van der Waals surface area contributed by atoms with Crippen molar-refractivity contribution in [2.45, 2.75) is 20.8 Å². The summed E-state index contributed by atoms with van der Waals surface area (Å²) in [6.45, 7) is 18.4. The van der Waals surface area contributed by atoms with Crippen LogP contribution in [0, 0.1) is 6.92 Å². The van der Waals surface area contributed by atoms with Gasteiger partial charge in [-0.25, -0.2) is 0 Å². The van der Waals surface area contributed by atoms with E-state index in [1.807, 2.05) is 50.3 Å². The molecule has 0 fully saturated rings. The summed E-state index contributed by atoms with van der Waals surface area (Å²) >= 11 is 0. The zero-order valence-electron chi connectivity index (χ0n) is 16.0. The lowest BCUT2D eigenvalue weighted by atomic mass is 9.96. The number of rotatable bonds is 5. The number of benzene rings is 1. The van der Waals surface area contributed by atoms with Gasteiger partial charge in [-0.3, -0.25) is 0 Å². The summed E-state index contributed by atoms with van der Waals surface area (Å²) in [5.41, 5.74) is 11.9. The van der Waals surface area contributed by atoms with Gasteiger partial charge in [0.25, 0.3) is 0 Å². The van der Waals surface area contributed by atoms with Gasteiger partial charge in [0.15, 0.2) is 0 Å². The van der Waals surface area contributed by atoms with Crippen LogP contribution in [0.1, 0.15) is 30.5 Å². The van der Waals surface area contributed by atoms with Gasteiger partial charge in [0.1, 0.15) is 0 Å². The van der Waals surface area contributed by atoms with Crippen LogP contribution in [-0.4, -0.2) is 0 Å². The normalized spacial score (nSPS) is 13.2. The first-order valence-corrected chi connectivity index (χ1v) is 8.73. The molecule has 0 amide bonds. The SMILES string of the molecule is C=C1C=CC=C(C(=C=Cc2ccc(C)cc2C(=C)C=CC)C(=C)C)C=C1. The highest BCUT2D eigenvalue weighted by molar-refractivity contribution is 5.79. The molecular weight excluding hydrogens is 312 g/mol. The Morgan fingerprint density at radius 2 is 1.88 bits per heavy atom. The molecule has 0 saturated carbocycles. The molecule has 0 nitrogen and oxygen atoms in total. The van der Waals surface area contributed by atoms with Gasteiger partial charge in [0, 0.05) is 5.57 Å². The summed E-state index contributed by atoms with van der Waals surface area (Å²) in [4.78, 5) is 0. The standard InChI is InChI=1S/C26H26/c1-7-9-22(6)26-18-21(5)13-15-24(26)16-17-25(19(2)3)23-11-8-10-20(4)12-14-23/h7-16,18H,2,4,6H2,1,3,5H3. The Bertz CT molecular complexity index is 930. The molecule has 1 aliphatic rings. The highest BCUT2D eigenvalue weighted by atomic mass is 14.1. The molecule has 1 aromatic carbocycles. The minimum absolute atomic E-state index is 0.971. The van der Waals surface area contributed by atoms with Crippen molar-refractivity contribution in [3.8, 4) is 0 Å². The molecular formula is C26H26. The second-order valence-corrected chi connectivity index (χ2v) is 6.45. The zero-order chi connectivity index (χ0) is 19.1. The molecule has 130 valence electrons. The number of aryl methyl sites for hydroxylation is 1. The highest BCUT2D eigenvalue weighted by Gasteiger charge is 2.05. The lowest BCUT2D eigenvalue weighted by Crippen LogP contribution is -1.89. The molecule has 1 aliphatic carbocycles. The van der Waals surface area contributed by atoms with E-state index in [-0.39, 0.29) is 0 Å². The van der Waals surface area contributed by atoms with Gasteiger partial charge in [-0.2, -0.15) is 0 Å². The molecule has 0 saturated heterocycles. The predicted molar refractivity (Wildman–Crippen MR) is 117 cm³/mol. The minimum atomic E-state index is 0.971. The van der Waals surface area contributed by atoms with Gasteiger partial charge < -0.3 is 0 Å². The Labute approximate surface area is 158 Å². The Hall–Kier alpha value is -3.08. The maximum absolute atomic E-state index is 4.19. The van der Waals surface area contributed by atoms with E-state index in [0.29, 0.717) is 0 Å². The van der Waals surface area contributed by atoms with Gasteiger partial charge >= 0.3 is 0 Å². The zero-order valence-corrected chi connectivity index (χ0v) is 16.0. The average molecular weight is 338 g/mol. The Balaban J connectivity index is 2.57. The van der Waals surface area contributed by atoms with Crippen LogP contribution in [0.25, 0.3) is 11.6 Å². The summed E-state index contributed by atoms with van der Waals surface area (Å²) in [5.74, 6) is 0. The third-order valence-electron chi connectivity index (χ3n) is 4.07. The van der Waals surface area contributed by atoms with Crippen molar-refractivity contribution >= 4 is 11.6 Å². The summed E-state index contributed by atoms with van der Waals surface area (Å²) in [7, 11) is 0. The summed E-state index contributed by atoms with van der Waals surface area (Å²) in [5, 5.41) is 0. The molecule has 0 atom stereocenters. The van der Waals surface area contributed by atoms with Crippen LogP contribution in [0.15, 0.2) is 108 Å². The molecule has 0 heterocycles. The molecule has 1 aromatic rings.